The second-order valence-electron chi connectivity index (χ2n) is 8.91. The quantitative estimate of drug-likeness (QED) is 0.399. The fourth-order valence-corrected chi connectivity index (χ4v) is 12.7. The number of benzene rings is 2. The van der Waals surface area contributed by atoms with Crippen LogP contribution in [0.3, 0.4) is 0 Å². The molecule has 0 radical (unpaired) electrons. The van der Waals surface area contributed by atoms with E-state index < -0.39 is 8.07 Å². The molecule has 0 N–H and O–H groups in total. The maximum absolute atomic E-state index is 2.51. The van der Waals surface area contributed by atoms with Crippen molar-refractivity contribution in [1.82, 2.24) is 0 Å². The van der Waals surface area contributed by atoms with Gasteiger partial charge in [-0.2, -0.15) is 0 Å². The van der Waals surface area contributed by atoms with Gasteiger partial charge in [0.2, 0.25) is 0 Å². The van der Waals surface area contributed by atoms with Crippen LogP contribution in [0.5, 0.6) is 0 Å². The van der Waals surface area contributed by atoms with Gasteiger partial charge >= 0.3 is 118 Å². The van der Waals surface area contributed by atoms with Crippen LogP contribution in [-0.2, 0) is 24.7 Å². The number of allylic oxidation sites excluding steroid dienone is 2. The molecule has 0 nitrogen and oxygen atoms in total. The van der Waals surface area contributed by atoms with Gasteiger partial charge < -0.3 is 24.8 Å². The standard InChI is InChI=1S/C16H13.C10H12SSi.2ClH.Zr/c1-12-10-14-8-5-9-15(16(14)11-12)13-6-3-2-4-7-13;1-6-9-7-4-5-11-8(7)10(6)12(9,2)3;;;/h2-11H,1H3;4-5,10H,1-3H3;2*1H;/q;;;;+2/p-2. The van der Waals surface area contributed by atoms with Crippen LogP contribution in [0, 0.1) is 0 Å². The van der Waals surface area contributed by atoms with E-state index in [9.17, 15) is 0 Å². The van der Waals surface area contributed by atoms with Crippen molar-refractivity contribution in [2.75, 3.05) is 0 Å². The van der Waals surface area contributed by atoms with Crippen LogP contribution in [0.15, 0.2) is 71.1 Å². The molecule has 3 aromatic rings. The normalized spacial score (nSPS) is 20.9. The average Bonchev–Trinajstić information content (AvgIpc) is 3.40. The van der Waals surface area contributed by atoms with E-state index >= 15 is 0 Å². The van der Waals surface area contributed by atoms with E-state index in [0.29, 0.717) is 3.63 Å². The number of fused-ring (bicyclic) bond motifs is 1. The molecule has 0 spiro atoms. The van der Waals surface area contributed by atoms with E-state index in [4.69, 9.17) is 0 Å². The Hall–Kier alpha value is -0.700. The van der Waals surface area contributed by atoms with Gasteiger partial charge in [-0.3, -0.25) is 0 Å². The van der Waals surface area contributed by atoms with Gasteiger partial charge in [0, 0.05) is 10.4 Å². The number of hydrogen-bond donors (Lipinski definition) is 0. The molecule has 31 heavy (non-hydrogen) atoms. The van der Waals surface area contributed by atoms with Gasteiger partial charge in [-0.25, -0.2) is 0 Å². The van der Waals surface area contributed by atoms with Crippen LogP contribution in [-0.4, -0.2) is 8.07 Å². The molecule has 2 bridgehead atoms. The monoisotopic (exact) mass is 557 g/mol. The fraction of sp³-hybridized carbons (Fsp3) is 0.231. The summed E-state index contributed by atoms with van der Waals surface area (Å²) in [6.07, 6.45) is 2.36. The Bertz CT molecular complexity index is 1180. The van der Waals surface area contributed by atoms with Crippen molar-refractivity contribution >= 4 is 30.7 Å². The van der Waals surface area contributed by atoms with E-state index in [1.54, 1.807) is 45.9 Å². The number of hydrogen-bond acceptors (Lipinski definition) is 1. The van der Waals surface area contributed by atoms with Crippen molar-refractivity contribution < 1.29 is 49.5 Å². The molecule has 0 saturated heterocycles. The first-order chi connectivity index (χ1) is 13.9. The van der Waals surface area contributed by atoms with Gasteiger partial charge in [-0.15, -0.1) is 11.3 Å². The molecule has 0 amide bonds. The molecule has 0 fully saturated rings. The topological polar surface area (TPSA) is 0 Å². The van der Waals surface area contributed by atoms with Gasteiger partial charge in [0.25, 0.3) is 0 Å². The summed E-state index contributed by atoms with van der Waals surface area (Å²) in [6, 6.07) is 19.7. The first-order valence-corrected chi connectivity index (χ1v) is 15.7. The predicted molar refractivity (Wildman–Crippen MR) is 125 cm³/mol. The van der Waals surface area contributed by atoms with E-state index in [1.165, 1.54) is 27.8 Å². The summed E-state index contributed by atoms with van der Waals surface area (Å²) >= 11 is 3.55. The summed E-state index contributed by atoms with van der Waals surface area (Å²) in [6.45, 7) is 9.58. The maximum Gasteiger partial charge on any atom is -1.00 e. The van der Waals surface area contributed by atoms with Crippen molar-refractivity contribution in [2.45, 2.75) is 36.1 Å². The minimum absolute atomic E-state index is 0. The molecule has 2 aliphatic carbocycles. The molecule has 157 valence electrons. The third-order valence-electron chi connectivity index (χ3n) is 6.78. The van der Waals surface area contributed by atoms with Gasteiger partial charge in [0.15, 0.2) is 0 Å². The average molecular weight is 560 g/mol. The summed E-state index contributed by atoms with van der Waals surface area (Å²) in [5.74, 6) is 0. The Kier molecular flexibility index (Phi) is 7.46. The van der Waals surface area contributed by atoms with Gasteiger partial charge in [-0.1, -0.05) is 23.9 Å². The second-order valence-corrected chi connectivity index (χ2v) is 15.8. The van der Waals surface area contributed by atoms with E-state index in [1.807, 2.05) is 11.3 Å². The van der Waals surface area contributed by atoms with Gasteiger partial charge in [0.1, 0.15) is 0 Å². The molecule has 5 heteroatoms. The summed E-state index contributed by atoms with van der Waals surface area (Å²) in [5.41, 5.74) is 11.3. The second kappa shape index (κ2) is 9.27. The molecule has 2 aromatic carbocycles. The molecule has 1 aromatic heterocycles. The summed E-state index contributed by atoms with van der Waals surface area (Å²) in [7, 11) is -0.972. The molecule has 2 aliphatic heterocycles. The Labute approximate surface area is 218 Å². The third-order valence-corrected chi connectivity index (χ3v) is 14.0. The van der Waals surface area contributed by atoms with E-state index in [2.05, 4.69) is 93.0 Å². The maximum atomic E-state index is 2.51. The zero-order valence-electron chi connectivity index (χ0n) is 18.2. The molecule has 2 unspecified atom stereocenters. The van der Waals surface area contributed by atoms with Crippen LogP contribution in [0.2, 0.25) is 13.1 Å². The Balaban J connectivity index is 0.000000173. The first kappa shape index (κ1) is 24.9. The SMILES string of the molecule is CC1=C2c3ccsc3C1[Si]2(C)C.CC1=Cc2c(-c3ccccc3)cccc2[CH]1[Zr+2].[Cl-].[Cl-]. The predicted octanol–water partition coefficient (Wildman–Crippen LogP) is 1.79. The number of halogens is 2. The fourth-order valence-electron chi connectivity index (χ4n) is 5.52. The largest absolute Gasteiger partial charge is 1.00 e. The summed E-state index contributed by atoms with van der Waals surface area (Å²) in [4.78, 5) is 1.68. The minimum atomic E-state index is -0.972. The van der Waals surface area contributed by atoms with Crippen LogP contribution in [0.4, 0.5) is 0 Å². The van der Waals surface area contributed by atoms with Gasteiger partial charge in [0.05, 0.1) is 8.07 Å². The molecule has 0 saturated carbocycles. The van der Waals surface area contributed by atoms with Gasteiger partial charge in [-0.05, 0) is 23.9 Å². The minimum Gasteiger partial charge on any atom is -1.00 e. The number of rotatable bonds is 1. The molecular weight excluding hydrogens is 535 g/mol. The van der Waals surface area contributed by atoms with Crippen LogP contribution in [0.1, 0.15) is 44.6 Å². The molecular formula is C26H25Cl2SSiZr. The van der Waals surface area contributed by atoms with E-state index in [-0.39, 0.29) is 24.8 Å². The Morgan fingerprint density at radius 2 is 1.58 bits per heavy atom. The summed E-state index contributed by atoms with van der Waals surface area (Å²) in [5, 5.41) is 4.01. The van der Waals surface area contributed by atoms with Crippen LogP contribution in [0.25, 0.3) is 22.4 Å². The van der Waals surface area contributed by atoms with Crippen LogP contribution < -0.4 is 24.8 Å². The van der Waals surface area contributed by atoms with Crippen LogP contribution >= 0.6 is 11.3 Å². The molecule has 7 rings (SSSR count). The molecule has 3 heterocycles. The Morgan fingerprint density at radius 3 is 2.23 bits per heavy atom. The van der Waals surface area contributed by atoms with Crippen molar-refractivity contribution in [3.8, 4) is 11.1 Å². The third kappa shape index (κ3) is 3.85. The van der Waals surface area contributed by atoms with Crippen molar-refractivity contribution in [3.05, 3.63) is 92.7 Å². The van der Waals surface area contributed by atoms with E-state index in [0.717, 1.165) is 5.54 Å². The first-order valence-electron chi connectivity index (χ1n) is 10.3. The zero-order valence-corrected chi connectivity index (χ0v) is 24.0. The number of thiophene rings is 1. The summed E-state index contributed by atoms with van der Waals surface area (Å²) < 4.78 is 0.654. The van der Waals surface area contributed by atoms with Crippen molar-refractivity contribution in [3.63, 3.8) is 0 Å². The molecule has 4 aliphatic rings. The molecule has 2 atom stereocenters. The Morgan fingerprint density at radius 1 is 0.871 bits per heavy atom. The smallest absolute Gasteiger partial charge is 1.00 e. The van der Waals surface area contributed by atoms with Crippen molar-refractivity contribution in [1.29, 1.82) is 0 Å². The van der Waals surface area contributed by atoms with Crippen molar-refractivity contribution in [2.24, 2.45) is 0 Å². The zero-order chi connectivity index (χ0) is 20.3.